The molecule has 1 amide bonds. The van der Waals surface area contributed by atoms with Crippen molar-refractivity contribution < 1.29 is 14.3 Å². The number of ether oxygens (including phenoxy) is 2. The molecule has 1 aromatic carbocycles. The summed E-state index contributed by atoms with van der Waals surface area (Å²) in [5.74, 6) is 0.852. The lowest BCUT2D eigenvalue weighted by molar-refractivity contribution is 0.0527. The fourth-order valence-electron chi connectivity index (χ4n) is 2.55. The smallest absolute Gasteiger partial charge is 0.407 e. The van der Waals surface area contributed by atoms with Crippen molar-refractivity contribution in [3.63, 3.8) is 0 Å². The Balaban J connectivity index is 1.53. The van der Waals surface area contributed by atoms with Crippen molar-refractivity contribution in [2.24, 2.45) is 0 Å². The van der Waals surface area contributed by atoms with Crippen molar-refractivity contribution in [1.82, 2.24) is 15.5 Å². The number of benzene rings is 1. The molecule has 0 radical (unpaired) electrons. The van der Waals surface area contributed by atoms with Gasteiger partial charge in [0.25, 0.3) is 0 Å². The number of halogens is 1. The Morgan fingerprint density at radius 1 is 1.19 bits per heavy atom. The SMILES string of the molecule is CC(C)(C)OC(=O)NCCCCCCCOc1cc(Br)cc2[nH]ncc12. The lowest BCUT2D eigenvalue weighted by Crippen LogP contribution is -2.32. The third-order valence-corrected chi connectivity index (χ3v) is 4.19. The number of hydrogen-bond donors (Lipinski definition) is 2. The number of carbonyl (C=O) groups is 1. The second-order valence-corrected chi connectivity index (χ2v) is 8.20. The number of rotatable bonds is 9. The average molecular weight is 426 g/mol. The van der Waals surface area contributed by atoms with Gasteiger partial charge in [0.15, 0.2) is 0 Å². The third-order valence-electron chi connectivity index (χ3n) is 3.73. The van der Waals surface area contributed by atoms with Crippen molar-refractivity contribution in [2.75, 3.05) is 13.2 Å². The van der Waals surface area contributed by atoms with Crippen LogP contribution in [0.5, 0.6) is 5.75 Å². The second-order valence-electron chi connectivity index (χ2n) is 7.28. The summed E-state index contributed by atoms with van der Waals surface area (Å²) >= 11 is 3.49. The van der Waals surface area contributed by atoms with E-state index in [9.17, 15) is 4.79 Å². The number of hydrogen-bond acceptors (Lipinski definition) is 4. The summed E-state index contributed by atoms with van der Waals surface area (Å²) in [5.41, 5.74) is 0.521. The van der Waals surface area contributed by atoms with Gasteiger partial charge in [-0.05, 0) is 45.7 Å². The molecule has 0 fully saturated rings. The van der Waals surface area contributed by atoms with E-state index in [1.54, 1.807) is 6.20 Å². The van der Waals surface area contributed by atoms with Crippen molar-refractivity contribution in [1.29, 1.82) is 0 Å². The molecule has 7 heteroatoms. The monoisotopic (exact) mass is 425 g/mol. The first-order valence-corrected chi connectivity index (χ1v) is 9.87. The van der Waals surface area contributed by atoms with E-state index in [0.29, 0.717) is 13.2 Å². The molecule has 2 rings (SSSR count). The van der Waals surface area contributed by atoms with Crippen LogP contribution in [0.2, 0.25) is 0 Å². The Hall–Kier alpha value is -1.76. The molecule has 0 spiro atoms. The number of alkyl carbamates (subject to hydrolysis) is 1. The number of H-pyrrole nitrogens is 1. The summed E-state index contributed by atoms with van der Waals surface area (Å²) < 4.78 is 12.1. The van der Waals surface area contributed by atoms with Gasteiger partial charge < -0.3 is 14.8 Å². The van der Waals surface area contributed by atoms with Crippen molar-refractivity contribution in [3.05, 3.63) is 22.8 Å². The number of unbranched alkanes of at least 4 members (excludes halogenated alkanes) is 4. The van der Waals surface area contributed by atoms with Gasteiger partial charge in [-0.2, -0.15) is 5.10 Å². The van der Waals surface area contributed by atoms with Crippen LogP contribution in [0.1, 0.15) is 52.9 Å². The standard InChI is InChI=1S/C19H28BrN3O3/c1-19(2,3)26-18(24)21-9-7-5-4-6-8-10-25-17-12-14(20)11-16-15(17)13-22-23-16/h11-13H,4-10H2,1-3H3,(H,21,24)(H,22,23). The van der Waals surface area contributed by atoms with E-state index in [-0.39, 0.29) is 6.09 Å². The van der Waals surface area contributed by atoms with E-state index in [1.807, 2.05) is 32.9 Å². The van der Waals surface area contributed by atoms with Crippen LogP contribution in [-0.2, 0) is 4.74 Å². The number of nitrogens with one attached hydrogen (secondary N) is 2. The highest BCUT2D eigenvalue weighted by atomic mass is 79.9. The highest BCUT2D eigenvalue weighted by molar-refractivity contribution is 9.10. The maximum Gasteiger partial charge on any atom is 0.407 e. The van der Waals surface area contributed by atoms with E-state index in [2.05, 4.69) is 31.4 Å². The molecule has 0 atom stereocenters. The molecule has 0 unspecified atom stereocenters. The van der Waals surface area contributed by atoms with E-state index >= 15 is 0 Å². The lowest BCUT2D eigenvalue weighted by atomic mass is 10.1. The zero-order valence-corrected chi connectivity index (χ0v) is 17.3. The van der Waals surface area contributed by atoms with E-state index in [0.717, 1.165) is 53.2 Å². The van der Waals surface area contributed by atoms with Gasteiger partial charge in [0.2, 0.25) is 0 Å². The van der Waals surface area contributed by atoms with Gasteiger partial charge in [-0.15, -0.1) is 0 Å². The molecule has 1 heterocycles. The molecule has 1 aromatic heterocycles. The van der Waals surface area contributed by atoms with Crippen LogP contribution in [0.3, 0.4) is 0 Å². The number of carbonyl (C=O) groups excluding carboxylic acids is 1. The average Bonchev–Trinajstić information content (AvgIpc) is 2.99. The molecule has 0 aliphatic carbocycles. The number of nitrogens with zero attached hydrogens (tertiary/aromatic N) is 1. The predicted molar refractivity (Wildman–Crippen MR) is 107 cm³/mol. The van der Waals surface area contributed by atoms with Crippen molar-refractivity contribution >= 4 is 32.9 Å². The van der Waals surface area contributed by atoms with Crippen LogP contribution in [-0.4, -0.2) is 35.0 Å². The minimum atomic E-state index is -0.444. The zero-order valence-electron chi connectivity index (χ0n) is 15.7. The Bertz CT molecular complexity index is 710. The Labute approximate surface area is 163 Å². The van der Waals surface area contributed by atoms with Gasteiger partial charge in [-0.3, -0.25) is 5.10 Å². The first-order valence-electron chi connectivity index (χ1n) is 9.07. The maximum atomic E-state index is 11.5. The molecular weight excluding hydrogens is 398 g/mol. The summed E-state index contributed by atoms with van der Waals surface area (Å²) in [7, 11) is 0. The molecule has 6 nitrogen and oxygen atoms in total. The van der Waals surface area contributed by atoms with Crippen LogP contribution >= 0.6 is 15.9 Å². The summed E-state index contributed by atoms with van der Waals surface area (Å²) in [4.78, 5) is 11.5. The Morgan fingerprint density at radius 2 is 1.92 bits per heavy atom. The fraction of sp³-hybridized carbons (Fsp3) is 0.579. The van der Waals surface area contributed by atoms with E-state index in [1.165, 1.54) is 0 Å². The van der Waals surface area contributed by atoms with E-state index in [4.69, 9.17) is 9.47 Å². The fourth-order valence-corrected chi connectivity index (χ4v) is 2.99. The van der Waals surface area contributed by atoms with Gasteiger partial charge in [0, 0.05) is 11.0 Å². The van der Waals surface area contributed by atoms with Gasteiger partial charge in [0.1, 0.15) is 11.4 Å². The molecule has 0 saturated carbocycles. The van der Waals surface area contributed by atoms with Crippen LogP contribution in [0, 0.1) is 0 Å². The summed E-state index contributed by atoms with van der Waals surface area (Å²) in [6, 6.07) is 3.96. The van der Waals surface area contributed by atoms with Gasteiger partial charge in [-0.25, -0.2) is 4.79 Å². The van der Waals surface area contributed by atoms with Gasteiger partial charge >= 0.3 is 6.09 Å². The van der Waals surface area contributed by atoms with Crippen molar-refractivity contribution in [3.8, 4) is 5.75 Å². The summed E-state index contributed by atoms with van der Waals surface area (Å²) in [6.45, 7) is 6.93. The Morgan fingerprint density at radius 3 is 2.69 bits per heavy atom. The van der Waals surface area contributed by atoms with E-state index < -0.39 is 5.60 Å². The highest BCUT2D eigenvalue weighted by Gasteiger charge is 2.15. The predicted octanol–water partition coefficient (Wildman–Crippen LogP) is 5.18. The molecule has 0 saturated heterocycles. The maximum absolute atomic E-state index is 11.5. The van der Waals surface area contributed by atoms with Crippen LogP contribution in [0.25, 0.3) is 10.9 Å². The first-order chi connectivity index (χ1) is 12.3. The largest absolute Gasteiger partial charge is 0.493 e. The number of amides is 1. The summed E-state index contributed by atoms with van der Waals surface area (Å²) in [6.07, 6.45) is 6.72. The second kappa shape index (κ2) is 9.80. The van der Waals surface area contributed by atoms with Crippen LogP contribution in [0.15, 0.2) is 22.8 Å². The molecular formula is C19H28BrN3O3. The summed E-state index contributed by atoms with van der Waals surface area (Å²) in [5, 5.41) is 10.8. The Kier molecular flexibility index (Phi) is 7.75. The number of aromatic amines is 1. The highest BCUT2D eigenvalue weighted by Crippen LogP contribution is 2.28. The lowest BCUT2D eigenvalue weighted by Gasteiger charge is -2.19. The molecule has 144 valence electrons. The van der Waals surface area contributed by atoms with Crippen molar-refractivity contribution in [2.45, 2.75) is 58.5 Å². The molecule has 0 bridgehead atoms. The molecule has 0 aliphatic heterocycles. The number of fused-ring (bicyclic) bond motifs is 1. The molecule has 2 aromatic rings. The van der Waals surface area contributed by atoms with Crippen LogP contribution < -0.4 is 10.1 Å². The normalized spacial score (nSPS) is 11.5. The molecule has 0 aliphatic rings. The minimum Gasteiger partial charge on any atom is -0.493 e. The van der Waals surface area contributed by atoms with Crippen LogP contribution in [0.4, 0.5) is 4.79 Å². The number of aromatic nitrogens is 2. The first kappa shape index (κ1) is 20.6. The van der Waals surface area contributed by atoms with Gasteiger partial charge in [-0.1, -0.05) is 35.2 Å². The minimum absolute atomic E-state index is 0.342. The quantitative estimate of drug-likeness (QED) is 0.542. The van der Waals surface area contributed by atoms with Gasteiger partial charge in [0.05, 0.1) is 23.7 Å². The molecule has 2 N–H and O–H groups in total. The zero-order chi connectivity index (χ0) is 19.0. The third kappa shape index (κ3) is 7.23. The molecule has 26 heavy (non-hydrogen) atoms. The topological polar surface area (TPSA) is 76.2 Å².